The second kappa shape index (κ2) is 7.01. The predicted octanol–water partition coefficient (Wildman–Crippen LogP) is 3.37. The number of hydrogen-bond donors (Lipinski definition) is 1. The van der Waals surface area contributed by atoms with Gasteiger partial charge >= 0.3 is 0 Å². The minimum absolute atomic E-state index is 0.0127. The van der Waals surface area contributed by atoms with Crippen molar-refractivity contribution in [2.75, 3.05) is 25.0 Å². The van der Waals surface area contributed by atoms with Gasteiger partial charge in [0.15, 0.2) is 5.13 Å². The molecule has 0 bridgehead atoms. The first-order chi connectivity index (χ1) is 13.2. The summed E-state index contributed by atoms with van der Waals surface area (Å²) in [5, 5.41) is 12.0. The van der Waals surface area contributed by atoms with Crippen LogP contribution in [0.3, 0.4) is 0 Å². The first-order valence-corrected chi connectivity index (χ1v) is 10.3. The first-order valence-electron chi connectivity index (χ1n) is 9.45. The van der Waals surface area contributed by atoms with E-state index in [1.807, 2.05) is 24.3 Å². The number of fused-ring (bicyclic) bond motifs is 1. The maximum Gasteiger partial charge on any atom is 0.240 e. The molecule has 0 atom stereocenters. The number of carbonyl (C=O) groups is 1. The number of para-hydroxylation sites is 1. The van der Waals surface area contributed by atoms with Gasteiger partial charge in [-0.1, -0.05) is 23.5 Å². The van der Waals surface area contributed by atoms with Crippen LogP contribution in [-0.2, 0) is 4.79 Å². The number of piperidine rings is 1. The summed E-state index contributed by atoms with van der Waals surface area (Å²) in [5.74, 6) is 2.38. The number of anilines is 1. The fourth-order valence-electron chi connectivity index (χ4n) is 3.53. The van der Waals surface area contributed by atoms with Crippen LogP contribution in [0, 0.1) is 0 Å². The first kappa shape index (κ1) is 16.8. The van der Waals surface area contributed by atoms with E-state index in [1.54, 1.807) is 0 Å². The minimum atomic E-state index is -0.0127. The smallest absolute Gasteiger partial charge is 0.240 e. The number of amides is 1. The van der Waals surface area contributed by atoms with Crippen molar-refractivity contribution in [1.29, 1.82) is 0 Å². The van der Waals surface area contributed by atoms with E-state index in [4.69, 9.17) is 4.42 Å². The van der Waals surface area contributed by atoms with Crippen molar-refractivity contribution in [3.8, 4) is 0 Å². The highest BCUT2D eigenvalue weighted by Gasteiger charge is 2.32. The molecule has 140 valence electrons. The summed E-state index contributed by atoms with van der Waals surface area (Å²) in [6, 6.07) is 7.90. The monoisotopic (exact) mass is 383 g/mol. The molecule has 27 heavy (non-hydrogen) atoms. The average Bonchev–Trinajstić information content (AvgIpc) is 3.26. The van der Waals surface area contributed by atoms with Crippen LogP contribution < -0.4 is 5.32 Å². The Labute approximate surface area is 160 Å². The molecule has 1 saturated heterocycles. The van der Waals surface area contributed by atoms with E-state index in [1.165, 1.54) is 24.2 Å². The molecule has 2 aromatic heterocycles. The lowest BCUT2D eigenvalue weighted by Gasteiger charge is -2.29. The Balaban J connectivity index is 1.13. The fourth-order valence-corrected chi connectivity index (χ4v) is 4.41. The molecular weight excluding hydrogens is 362 g/mol. The van der Waals surface area contributed by atoms with Gasteiger partial charge in [0.25, 0.3) is 0 Å². The number of hydrogen-bond acceptors (Lipinski definition) is 7. The topological polar surface area (TPSA) is 84.2 Å². The van der Waals surface area contributed by atoms with Crippen LogP contribution in [0.2, 0.25) is 0 Å². The molecule has 5 rings (SSSR count). The van der Waals surface area contributed by atoms with Crippen molar-refractivity contribution < 1.29 is 9.21 Å². The van der Waals surface area contributed by atoms with E-state index in [9.17, 15) is 4.79 Å². The highest BCUT2D eigenvalue weighted by molar-refractivity contribution is 7.22. The van der Waals surface area contributed by atoms with Crippen molar-refractivity contribution in [2.24, 2.45) is 0 Å². The van der Waals surface area contributed by atoms with Gasteiger partial charge < -0.3 is 9.73 Å². The number of nitrogens with one attached hydrogen (secondary N) is 1. The summed E-state index contributed by atoms with van der Waals surface area (Å²) in [7, 11) is 0. The van der Waals surface area contributed by atoms with Gasteiger partial charge in [-0.15, -0.1) is 10.2 Å². The summed E-state index contributed by atoms with van der Waals surface area (Å²) in [4.78, 5) is 19.0. The summed E-state index contributed by atoms with van der Waals surface area (Å²) in [5.41, 5.74) is 0.920. The Kier molecular flexibility index (Phi) is 4.37. The standard InChI is InChI=1S/C19H21N5O2S/c25-16(21-19-20-14-3-1-2-4-15(14)27-19)11-24-9-7-13(8-10-24)18-23-22-17(26-18)12-5-6-12/h1-4,12-13H,5-11H2,(H,20,21,25). The van der Waals surface area contributed by atoms with Gasteiger partial charge in [0.1, 0.15) is 0 Å². The Morgan fingerprint density at radius 3 is 2.52 bits per heavy atom. The molecule has 2 fully saturated rings. The predicted molar refractivity (Wildman–Crippen MR) is 103 cm³/mol. The number of likely N-dealkylation sites (tertiary alicyclic amines) is 1. The Morgan fingerprint density at radius 1 is 1.11 bits per heavy atom. The Morgan fingerprint density at radius 2 is 1.81 bits per heavy atom. The van der Waals surface area contributed by atoms with Gasteiger partial charge in [-0.05, 0) is 50.9 Å². The van der Waals surface area contributed by atoms with Crippen LogP contribution >= 0.6 is 11.3 Å². The number of thiazole rings is 1. The zero-order valence-corrected chi connectivity index (χ0v) is 15.7. The molecule has 1 saturated carbocycles. The third kappa shape index (κ3) is 3.72. The lowest BCUT2D eigenvalue weighted by Crippen LogP contribution is -2.38. The van der Waals surface area contributed by atoms with Gasteiger partial charge in [-0.25, -0.2) is 4.98 Å². The normalized spacial score (nSPS) is 18.8. The molecule has 1 N–H and O–H groups in total. The Hall–Kier alpha value is -2.32. The van der Waals surface area contributed by atoms with Crippen molar-refractivity contribution in [3.05, 3.63) is 36.0 Å². The highest BCUT2D eigenvalue weighted by atomic mass is 32.1. The SMILES string of the molecule is O=C(CN1CCC(c2nnc(C3CC3)o2)CC1)Nc1nc2ccccc2s1. The summed E-state index contributed by atoms with van der Waals surface area (Å²) in [6.07, 6.45) is 4.23. The van der Waals surface area contributed by atoms with Crippen LogP contribution in [0.25, 0.3) is 10.2 Å². The molecular formula is C19H21N5O2S. The molecule has 0 unspecified atom stereocenters. The number of carbonyl (C=O) groups excluding carboxylic acids is 1. The average molecular weight is 383 g/mol. The number of nitrogens with zero attached hydrogens (tertiary/aromatic N) is 4. The zero-order chi connectivity index (χ0) is 18.2. The molecule has 3 heterocycles. The van der Waals surface area contributed by atoms with Crippen molar-refractivity contribution in [3.63, 3.8) is 0 Å². The quantitative estimate of drug-likeness (QED) is 0.727. The van der Waals surface area contributed by atoms with Crippen LogP contribution in [0.5, 0.6) is 0 Å². The minimum Gasteiger partial charge on any atom is -0.425 e. The third-order valence-electron chi connectivity index (χ3n) is 5.23. The van der Waals surface area contributed by atoms with E-state index in [2.05, 4.69) is 25.4 Å². The molecule has 1 aromatic carbocycles. The highest BCUT2D eigenvalue weighted by Crippen LogP contribution is 2.40. The maximum atomic E-state index is 12.4. The number of benzene rings is 1. The molecule has 2 aliphatic rings. The summed E-state index contributed by atoms with van der Waals surface area (Å²) < 4.78 is 6.93. The Bertz CT molecular complexity index is 923. The zero-order valence-electron chi connectivity index (χ0n) is 14.9. The molecule has 1 aliphatic carbocycles. The van der Waals surface area contributed by atoms with Gasteiger partial charge in [0, 0.05) is 11.8 Å². The number of rotatable bonds is 5. The second-order valence-electron chi connectivity index (χ2n) is 7.34. The molecule has 3 aromatic rings. The van der Waals surface area contributed by atoms with Crippen LogP contribution in [0.15, 0.2) is 28.7 Å². The van der Waals surface area contributed by atoms with Gasteiger partial charge in [-0.2, -0.15) is 0 Å². The third-order valence-corrected chi connectivity index (χ3v) is 6.18. The van der Waals surface area contributed by atoms with Gasteiger partial charge in [-0.3, -0.25) is 9.69 Å². The van der Waals surface area contributed by atoms with E-state index >= 15 is 0 Å². The molecule has 0 radical (unpaired) electrons. The largest absolute Gasteiger partial charge is 0.425 e. The van der Waals surface area contributed by atoms with E-state index in [0.29, 0.717) is 23.5 Å². The molecule has 1 amide bonds. The van der Waals surface area contributed by atoms with Gasteiger partial charge in [0.05, 0.1) is 16.8 Å². The maximum absolute atomic E-state index is 12.4. The lowest BCUT2D eigenvalue weighted by molar-refractivity contribution is -0.117. The van der Waals surface area contributed by atoms with E-state index in [0.717, 1.165) is 47.9 Å². The van der Waals surface area contributed by atoms with Gasteiger partial charge in [0.2, 0.25) is 17.7 Å². The van der Waals surface area contributed by atoms with Crippen LogP contribution in [0.4, 0.5) is 5.13 Å². The van der Waals surface area contributed by atoms with E-state index < -0.39 is 0 Å². The summed E-state index contributed by atoms with van der Waals surface area (Å²) >= 11 is 1.51. The molecule has 0 spiro atoms. The molecule has 8 heteroatoms. The lowest BCUT2D eigenvalue weighted by atomic mass is 9.97. The van der Waals surface area contributed by atoms with Crippen molar-refractivity contribution in [2.45, 2.75) is 37.5 Å². The fraction of sp³-hybridized carbons (Fsp3) is 0.474. The van der Waals surface area contributed by atoms with Crippen LogP contribution in [0.1, 0.15) is 49.3 Å². The molecule has 1 aliphatic heterocycles. The molecule has 7 nitrogen and oxygen atoms in total. The number of aromatic nitrogens is 3. The van der Waals surface area contributed by atoms with Crippen LogP contribution in [-0.4, -0.2) is 45.6 Å². The second-order valence-corrected chi connectivity index (χ2v) is 8.37. The van der Waals surface area contributed by atoms with E-state index in [-0.39, 0.29) is 5.91 Å². The van der Waals surface area contributed by atoms with Crippen molar-refractivity contribution in [1.82, 2.24) is 20.1 Å². The summed E-state index contributed by atoms with van der Waals surface area (Å²) in [6.45, 7) is 2.11. The van der Waals surface area contributed by atoms with Crippen molar-refractivity contribution >= 4 is 32.6 Å².